The van der Waals surface area contributed by atoms with Gasteiger partial charge in [-0.15, -0.1) is 0 Å². The molecule has 1 nitrogen and oxygen atoms in total. The lowest BCUT2D eigenvalue weighted by Gasteiger charge is -2.05. The van der Waals surface area contributed by atoms with Crippen LogP contribution in [-0.4, -0.2) is 4.98 Å². The van der Waals surface area contributed by atoms with Gasteiger partial charge in [0.05, 0.1) is 5.69 Å². The SMILES string of the molecule is C/C=C\C(=C/C)c1cccc(-c2ccccn2)c1. The lowest BCUT2D eigenvalue weighted by molar-refractivity contribution is 1.32. The van der Waals surface area contributed by atoms with Crippen molar-refractivity contribution in [1.82, 2.24) is 4.98 Å². The van der Waals surface area contributed by atoms with Crippen LogP contribution in [0, 0.1) is 0 Å². The predicted octanol–water partition coefficient (Wildman–Crippen LogP) is 4.73. The molecule has 0 amide bonds. The number of pyridine rings is 1. The van der Waals surface area contributed by atoms with Crippen LogP contribution in [0.2, 0.25) is 0 Å². The highest BCUT2D eigenvalue weighted by Crippen LogP contribution is 2.22. The Kier molecular flexibility index (Phi) is 4.08. The molecule has 0 radical (unpaired) electrons. The number of aromatic nitrogens is 1. The van der Waals surface area contributed by atoms with Crippen LogP contribution in [0.15, 0.2) is 66.9 Å². The van der Waals surface area contributed by atoms with E-state index in [1.54, 1.807) is 0 Å². The van der Waals surface area contributed by atoms with Gasteiger partial charge < -0.3 is 0 Å². The van der Waals surface area contributed by atoms with Crippen LogP contribution >= 0.6 is 0 Å². The van der Waals surface area contributed by atoms with Crippen molar-refractivity contribution in [1.29, 1.82) is 0 Å². The summed E-state index contributed by atoms with van der Waals surface area (Å²) in [5.41, 5.74) is 4.61. The van der Waals surface area contributed by atoms with Gasteiger partial charge in [-0.1, -0.05) is 42.5 Å². The zero-order valence-electron chi connectivity index (χ0n) is 10.8. The summed E-state index contributed by atoms with van der Waals surface area (Å²) in [6.07, 6.45) is 8.13. The summed E-state index contributed by atoms with van der Waals surface area (Å²) in [6.45, 7) is 4.09. The number of allylic oxidation sites excluding steroid dienone is 4. The average molecular weight is 235 g/mol. The molecule has 0 atom stereocenters. The van der Waals surface area contributed by atoms with Gasteiger partial charge in [-0.05, 0) is 43.2 Å². The summed E-state index contributed by atoms with van der Waals surface area (Å²) >= 11 is 0. The van der Waals surface area contributed by atoms with Gasteiger partial charge in [-0.3, -0.25) is 4.98 Å². The predicted molar refractivity (Wildman–Crippen MR) is 78.1 cm³/mol. The molecule has 1 heteroatoms. The molecule has 0 bridgehead atoms. The van der Waals surface area contributed by atoms with Crippen LogP contribution in [0.1, 0.15) is 19.4 Å². The van der Waals surface area contributed by atoms with Crippen molar-refractivity contribution in [3.05, 3.63) is 72.5 Å². The Hall–Kier alpha value is -2.15. The number of rotatable bonds is 3. The zero-order chi connectivity index (χ0) is 12.8. The van der Waals surface area contributed by atoms with Gasteiger partial charge in [-0.25, -0.2) is 0 Å². The second-order valence-corrected chi connectivity index (χ2v) is 4.04. The summed E-state index contributed by atoms with van der Waals surface area (Å²) in [5, 5.41) is 0. The summed E-state index contributed by atoms with van der Waals surface area (Å²) in [7, 11) is 0. The van der Waals surface area contributed by atoms with E-state index >= 15 is 0 Å². The van der Waals surface area contributed by atoms with Crippen molar-refractivity contribution < 1.29 is 0 Å². The van der Waals surface area contributed by atoms with Crippen LogP contribution < -0.4 is 0 Å². The van der Waals surface area contributed by atoms with Gasteiger partial charge in [0.2, 0.25) is 0 Å². The number of hydrogen-bond donors (Lipinski definition) is 0. The maximum atomic E-state index is 4.38. The van der Waals surface area contributed by atoms with Crippen molar-refractivity contribution in [3.8, 4) is 11.3 Å². The Morgan fingerprint density at radius 2 is 1.94 bits per heavy atom. The highest BCUT2D eigenvalue weighted by atomic mass is 14.7. The molecule has 2 aromatic rings. The molecule has 2 rings (SSSR count). The van der Waals surface area contributed by atoms with E-state index in [1.807, 2.05) is 31.3 Å². The standard InChI is InChI=1S/C17H17N/c1-3-8-14(4-2)15-9-7-10-16(13-15)17-11-5-6-12-18-17/h3-13H,1-2H3/b8-3-,14-4+. The first-order chi connectivity index (χ1) is 8.85. The summed E-state index contributed by atoms with van der Waals surface area (Å²) in [6, 6.07) is 14.5. The molecule has 0 aliphatic carbocycles. The zero-order valence-corrected chi connectivity index (χ0v) is 10.8. The second kappa shape index (κ2) is 5.97. The minimum Gasteiger partial charge on any atom is -0.256 e. The summed E-state index contributed by atoms with van der Waals surface area (Å²) in [5.74, 6) is 0. The van der Waals surface area contributed by atoms with Gasteiger partial charge in [0.1, 0.15) is 0 Å². The third kappa shape index (κ3) is 2.75. The average Bonchev–Trinajstić information content (AvgIpc) is 2.46. The normalized spacial score (nSPS) is 12.0. The van der Waals surface area contributed by atoms with E-state index in [9.17, 15) is 0 Å². The number of hydrogen-bond acceptors (Lipinski definition) is 1. The molecule has 90 valence electrons. The molecule has 1 aromatic carbocycles. The first kappa shape index (κ1) is 12.3. The van der Waals surface area contributed by atoms with Gasteiger partial charge in [-0.2, -0.15) is 0 Å². The fraction of sp³-hybridized carbons (Fsp3) is 0.118. The Labute approximate surface area is 109 Å². The van der Waals surface area contributed by atoms with E-state index in [0.29, 0.717) is 0 Å². The molecule has 0 spiro atoms. The minimum absolute atomic E-state index is 1.01. The third-order valence-electron chi connectivity index (χ3n) is 2.81. The van der Waals surface area contributed by atoms with E-state index in [-0.39, 0.29) is 0 Å². The minimum atomic E-state index is 1.01. The Morgan fingerprint density at radius 1 is 1.06 bits per heavy atom. The first-order valence-corrected chi connectivity index (χ1v) is 6.16. The molecule has 0 N–H and O–H groups in total. The van der Waals surface area contributed by atoms with E-state index < -0.39 is 0 Å². The van der Waals surface area contributed by atoms with Crippen LogP contribution in [0.25, 0.3) is 16.8 Å². The quantitative estimate of drug-likeness (QED) is 0.701. The molecular weight excluding hydrogens is 218 g/mol. The molecule has 1 aromatic heterocycles. The third-order valence-corrected chi connectivity index (χ3v) is 2.81. The largest absolute Gasteiger partial charge is 0.256 e. The topological polar surface area (TPSA) is 12.9 Å². The number of nitrogens with zero attached hydrogens (tertiary/aromatic N) is 1. The summed E-state index contributed by atoms with van der Waals surface area (Å²) in [4.78, 5) is 4.38. The van der Waals surface area contributed by atoms with Gasteiger partial charge >= 0.3 is 0 Å². The fourth-order valence-electron chi connectivity index (χ4n) is 1.93. The molecule has 0 fully saturated rings. The molecular formula is C17H17N. The fourth-order valence-corrected chi connectivity index (χ4v) is 1.93. The smallest absolute Gasteiger partial charge is 0.0702 e. The monoisotopic (exact) mass is 235 g/mol. The molecule has 18 heavy (non-hydrogen) atoms. The maximum absolute atomic E-state index is 4.38. The van der Waals surface area contributed by atoms with Crippen molar-refractivity contribution in [3.63, 3.8) is 0 Å². The van der Waals surface area contributed by atoms with Crippen LogP contribution in [-0.2, 0) is 0 Å². The van der Waals surface area contributed by atoms with Crippen molar-refractivity contribution in [2.45, 2.75) is 13.8 Å². The van der Waals surface area contributed by atoms with Crippen LogP contribution in [0.3, 0.4) is 0 Å². The molecule has 1 heterocycles. The Bertz CT molecular complexity index is 565. The highest BCUT2D eigenvalue weighted by molar-refractivity contribution is 5.76. The summed E-state index contributed by atoms with van der Waals surface area (Å²) < 4.78 is 0. The van der Waals surface area contributed by atoms with E-state index in [0.717, 1.165) is 11.3 Å². The maximum Gasteiger partial charge on any atom is 0.0702 e. The molecule has 0 unspecified atom stereocenters. The van der Waals surface area contributed by atoms with Crippen LogP contribution in [0.5, 0.6) is 0 Å². The Balaban J connectivity index is 2.43. The highest BCUT2D eigenvalue weighted by Gasteiger charge is 2.01. The molecule has 0 aliphatic heterocycles. The molecule has 0 aliphatic rings. The lowest BCUT2D eigenvalue weighted by atomic mass is 10.0. The Morgan fingerprint density at radius 3 is 2.61 bits per heavy atom. The van der Waals surface area contributed by atoms with Gasteiger partial charge in [0, 0.05) is 11.8 Å². The van der Waals surface area contributed by atoms with E-state index in [2.05, 4.69) is 54.4 Å². The van der Waals surface area contributed by atoms with Crippen LogP contribution in [0.4, 0.5) is 0 Å². The van der Waals surface area contributed by atoms with Crippen molar-refractivity contribution in [2.24, 2.45) is 0 Å². The second-order valence-electron chi connectivity index (χ2n) is 4.04. The number of benzene rings is 1. The van der Waals surface area contributed by atoms with Crippen molar-refractivity contribution >= 4 is 5.57 Å². The van der Waals surface area contributed by atoms with Crippen molar-refractivity contribution in [2.75, 3.05) is 0 Å². The van der Waals surface area contributed by atoms with Gasteiger partial charge in [0.25, 0.3) is 0 Å². The molecule has 0 saturated heterocycles. The first-order valence-electron chi connectivity index (χ1n) is 6.16. The van der Waals surface area contributed by atoms with E-state index in [4.69, 9.17) is 0 Å². The lowest BCUT2D eigenvalue weighted by Crippen LogP contribution is -1.85. The molecule has 0 saturated carbocycles. The van der Waals surface area contributed by atoms with E-state index in [1.165, 1.54) is 11.1 Å². The van der Waals surface area contributed by atoms with Gasteiger partial charge in [0.15, 0.2) is 0 Å².